The quantitative estimate of drug-likeness (QED) is 0.530. The van der Waals surface area contributed by atoms with Crippen LogP contribution in [0, 0.1) is 5.92 Å². The molecule has 4 nitrogen and oxygen atoms in total. The van der Waals surface area contributed by atoms with Gasteiger partial charge in [0.15, 0.2) is 5.54 Å². The Balaban J connectivity index is 2.88. The smallest absolute Gasteiger partial charge is 0.332 e. The standard InChI is InChI=1S/C9H13NO3/c1-9(8(12)13,10-6-11)7-4-2-3-5-7/h7H,2-5H2,1H3,(H,12,13)/t9-/m0/s1. The maximum atomic E-state index is 10.9. The van der Waals surface area contributed by atoms with E-state index in [0.717, 1.165) is 25.7 Å². The molecule has 0 aromatic heterocycles. The molecule has 0 aromatic rings. The zero-order chi connectivity index (χ0) is 9.90. The fourth-order valence-electron chi connectivity index (χ4n) is 1.90. The highest BCUT2D eigenvalue weighted by Gasteiger charge is 2.42. The lowest BCUT2D eigenvalue weighted by Gasteiger charge is -2.24. The lowest BCUT2D eigenvalue weighted by Crippen LogP contribution is -2.39. The molecule has 1 atom stereocenters. The highest BCUT2D eigenvalue weighted by atomic mass is 16.4. The number of hydrogen-bond donors (Lipinski definition) is 1. The Morgan fingerprint density at radius 2 is 2.08 bits per heavy atom. The number of aliphatic imine (C=N–C) groups is 1. The molecule has 0 bridgehead atoms. The summed E-state index contributed by atoms with van der Waals surface area (Å²) in [7, 11) is 0. The van der Waals surface area contributed by atoms with E-state index in [1.807, 2.05) is 0 Å². The molecule has 1 N–H and O–H groups in total. The molecule has 0 amide bonds. The van der Waals surface area contributed by atoms with Crippen LogP contribution in [-0.2, 0) is 9.59 Å². The number of carboxylic acid groups (broad SMARTS) is 1. The monoisotopic (exact) mass is 183 g/mol. The summed E-state index contributed by atoms with van der Waals surface area (Å²) >= 11 is 0. The molecule has 1 rings (SSSR count). The van der Waals surface area contributed by atoms with Crippen LogP contribution < -0.4 is 0 Å². The molecule has 1 saturated carbocycles. The average Bonchev–Trinajstić information content (AvgIpc) is 2.56. The van der Waals surface area contributed by atoms with Crippen molar-refractivity contribution in [3.63, 3.8) is 0 Å². The Labute approximate surface area is 76.7 Å². The van der Waals surface area contributed by atoms with Gasteiger partial charge in [0.25, 0.3) is 0 Å². The highest BCUT2D eigenvalue weighted by Crippen LogP contribution is 2.36. The first-order valence-electron chi connectivity index (χ1n) is 4.43. The van der Waals surface area contributed by atoms with E-state index in [1.54, 1.807) is 0 Å². The van der Waals surface area contributed by atoms with Crippen LogP contribution in [-0.4, -0.2) is 22.7 Å². The minimum atomic E-state index is -1.25. The number of carboxylic acids is 1. The second-order valence-corrected chi connectivity index (χ2v) is 3.64. The van der Waals surface area contributed by atoms with Crippen LogP contribution in [0.25, 0.3) is 0 Å². The fraction of sp³-hybridized carbons (Fsp3) is 0.778. The summed E-state index contributed by atoms with van der Waals surface area (Å²) in [5, 5.41) is 8.95. The number of nitrogens with zero attached hydrogens (tertiary/aromatic N) is 1. The van der Waals surface area contributed by atoms with Crippen LogP contribution in [0.2, 0.25) is 0 Å². The molecule has 13 heavy (non-hydrogen) atoms. The third-order valence-corrected chi connectivity index (χ3v) is 2.86. The Kier molecular flexibility index (Phi) is 2.83. The largest absolute Gasteiger partial charge is 0.479 e. The first kappa shape index (κ1) is 9.93. The Morgan fingerprint density at radius 3 is 2.46 bits per heavy atom. The summed E-state index contributed by atoms with van der Waals surface area (Å²) in [4.78, 5) is 24.5. The van der Waals surface area contributed by atoms with Gasteiger partial charge in [-0.25, -0.2) is 9.59 Å². The van der Waals surface area contributed by atoms with E-state index in [4.69, 9.17) is 5.11 Å². The average molecular weight is 183 g/mol. The van der Waals surface area contributed by atoms with Gasteiger partial charge in [-0.3, -0.25) is 0 Å². The second-order valence-electron chi connectivity index (χ2n) is 3.64. The number of carbonyl (C=O) groups is 1. The van der Waals surface area contributed by atoms with Crippen LogP contribution in [0.5, 0.6) is 0 Å². The second kappa shape index (κ2) is 3.71. The van der Waals surface area contributed by atoms with E-state index in [1.165, 1.54) is 13.0 Å². The molecule has 0 aromatic carbocycles. The molecule has 0 radical (unpaired) electrons. The van der Waals surface area contributed by atoms with Gasteiger partial charge < -0.3 is 5.11 Å². The van der Waals surface area contributed by atoms with Crippen molar-refractivity contribution in [2.24, 2.45) is 10.9 Å². The maximum absolute atomic E-state index is 10.9. The molecule has 72 valence electrons. The van der Waals surface area contributed by atoms with Crippen LogP contribution in [0.4, 0.5) is 0 Å². The molecular weight excluding hydrogens is 170 g/mol. The number of rotatable bonds is 3. The van der Waals surface area contributed by atoms with Crippen LogP contribution in [0.1, 0.15) is 32.6 Å². The summed E-state index contributed by atoms with van der Waals surface area (Å²) < 4.78 is 0. The van der Waals surface area contributed by atoms with Crippen molar-refractivity contribution in [3.8, 4) is 0 Å². The number of hydrogen-bond acceptors (Lipinski definition) is 3. The molecule has 1 fully saturated rings. The Bertz CT molecular complexity index is 248. The van der Waals surface area contributed by atoms with E-state index in [-0.39, 0.29) is 5.92 Å². The fourth-order valence-corrected chi connectivity index (χ4v) is 1.90. The molecule has 0 spiro atoms. The first-order chi connectivity index (χ1) is 6.11. The van der Waals surface area contributed by atoms with Gasteiger partial charge in [-0.05, 0) is 25.7 Å². The van der Waals surface area contributed by atoms with Gasteiger partial charge in [-0.2, -0.15) is 4.99 Å². The minimum Gasteiger partial charge on any atom is -0.479 e. The maximum Gasteiger partial charge on any atom is 0.332 e. The van der Waals surface area contributed by atoms with Crippen molar-refractivity contribution >= 4 is 12.0 Å². The number of carbonyl (C=O) groups excluding carboxylic acids is 1. The molecule has 0 heterocycles. The SMILES string of the molecule is C[C@@](N=C=O)(C(=O)O)C1CCCC1. The normalized spacial score (nSPS) is 21.9. The van der Waals surface area contributed by atoms with Crippen molar-refractivity contribution in [3.05, 3.63) is 0 Å². The van der Waals surface area contributed by atoms with Gasteiger partial charge in [0.1, 0.15) is 0 Å². The van der Waals surface area contributed by atoms with Gasteiger partial charge in [-0.15, -0.1) is 0 Å². The van der Waals surface area contributed by atoms with Gasteiger partial charge in [0, 0.05) is 0 Å². The van der Waals surface area contributed by atoms with Gasteiger partial charge >= 0.3 is 5.97 Å². The third-order valence-electron chi connectivity index (χ3n) is 2.86. The molecule has 1 aliphatic carbocycles. The third kappa shape index (κ3) is 1.78. The van der Waals surface area contributed by atoms with Crippen LogP contribution in [0.3, 0.4) is 0 Å². The van der Waals surface area contributed by atoms with E-state index >= 15 is 0 Å². The van der Waals surface area contributed by atoms with Crippen molar-refractivity contribution < 1.29 is 14.7 Å². The lowest BCUT2D eigenvalue weighted by molar-refractivity contribution is -0.144. The van der Waals surface area contributed by atoms with Gasteiger partial charge in [-0.1, -0.05) is 12.8 Å². The number of isocyanates is 1. The molecule has 0 unspecified atom stereocenters. The van der Waals surface area contributed by atoms with Gasteiger partial charge in [0.2, 0.25) is 6.08 Å². The summed E-state index contributed by atoms with van der Waals surface area (Å²) in [6, 6.07) is 0. The minimum absolute atomic E-state index is 0.00792. The molecule has 4 heteroatoms. The summed E-state index contributed by atoms with van der Waals surface area (Å²) in [5.74, 6) is -1.03. The van der Waals surface area contributed by atoms with E-state index in [9.17, 15) is 9.59 Å². The summed E-state index contributed by atoms with van der Waals surface area (Å²) in [6.45, 7) is 1.50. The molecule has 0 saturated heterocycles. The van der Waals surface area contributed by atoms with E-state index in [0.29, 0.717) is 0 Å². The van der Waals surface area contributed by atoms with Gasteiger partial charge in [0.05, 0.1) is 0 Å². The highest BCUT2D eigenvalue weighted by molar-refractivity contribution is 5.80. The predicted molar refractivity (Wildman–Crippen MR) is 46.1 cm³/mol. The summed E-state index contributed by atoms with van der Waals surface area (Å²) in [6.07, 6.45) is 5.10. The zero-order valence-electron chi connectivity index (χ0n) is 7.62. The van der Waals surface area contributed by atoms with Crippen molar-refractivity contribution in [2.45, 2.75) is 38.1 Å². The Morgan fingerprint density at radius 1 is 1.54 bits per heavy atom. The van der Waals surface area contributed by atoms with E-state index in [2.05, 4.69) is 4.99 Å². The topological polar surface area (TPSA) is 66.7 Å². The molecule has 1 aliphatic rings. The lowest BCUT2D eigenvalue weighted by atomic mass is 9.85. The Hall–Kier alpha value is -1.15. The predicted octanol–water partition coefficient (Wildman–Crippen LogP) is 1.36. The number of aliphatic carboxylic acids is 1. The molecule has 0 aliphatic heterocycles. The van der Waals surface area contributed by atoms with Crippen LogP contribution >= 0.6 is 0 Å². The zero-order valence-corrected chi connectivity index (χ0v) is 7.62. The molecular formula is C9H13NO3. The van der Waals surface area contributed by atoms with Crippen molar-refractivity contribution in [2.75, 3.05) is 0 Å². The summed E-state index contributed by atoms with van der Waals surface area (Å²) in [5.41, 5.74) is -1.25. The first-order valence-corrected chi connectivity index (χ1v) is 4.43. The van der Waals surface area contributed by atoms with E-state index < -0.39 is 11.5 Å². The van der Waals surface area contributed by atoms with Crippen molar-refractivity contribution in [1.29, 1.82) is 0 Å². The van der Waals surface area contributed by atoms with Crippen LogP contribution in [0.15, 0.2) is 4.99 Å². The van der Waals surface area contributed by atoms with Crippen molar-refractivity contribution in [1.82, 2.24) is 0 Å².